The first kappa shape index (κ1) is 22.3. The lowest BCUT2D eigenvalue weighted by atomic mass is 9.62. The van der Waals surface area contributed by atoms with Gasteiger partial charge in [0.2, 0.25) is 0 Å². The number of carbonyl (C=O) groups is 3. The van der Waals surface area contributed by atoms with Crippen molar-refractivity contribution in [3.63, 3.8) is 0 Å². The van der Waals surface area contributed by atoms with E-state index in [0.717, 1.165) is 0 Å². The SMILES string of the molecule is CCOc1ccc([C@@H](C2=C(O)CC(C)(C)CC2=O)C2C(=O)CC(C)(C)CC2=O)cc1. The molecule has 1 atom stereocenters. The van der Waals surface area contributed by atoms with Gasteiger partial charge in [-0.05, 0) is 35.4 Å². The van der Waals surface area contributed by atoms with Crippen LogP contribution in [-0.2, 0) is 14.4 Å². The highest BCUT2D eigenvalue weighted by Crippen LogP contribution is 2.47. The molecule has 0 saturated heterocycles. The van der Waals surface area contributed by atoms with Crippen LogP contribution in [0.3, 0.4) is 0 Å². The molecular weight excluding hydrogens is 380 g/mol. The van der Waals surface area contributed by atoms with Gasteiger partial charge in [0.25, 0.3) is 0 Å². The van der Waals surface area contributed by atoms with Crippen molar-refractivity contribution in [2.24, 2.45) is 16.7 Å². The Morgan fingerprint density at radius 3 is 1.97 bits per heavy atom. The third-order valence-electron chi connectivity index (χ3n) is 6.09. The van der Waals surface area contributed by atoms with Crippen LogP contribution >= 0.6 is 0 Å². The molecule has 2 aliphatic carbocycles. The summed E-state index contributed by atoms with van der Waals surface area (Å²) in [5.41, 5.74) is 0.170. The fraction of sp³-hybridized carbons (Fsp3) is 0.560. The molecule has 3 rings (SSSR count). The lowest BCUT2D eigenvalue weighted by Gasteiger charge is -2.39. The number of hydrogen-bond acceptors (Lipinski definition) is 5. The van der Waals surface area contributed by atoms with Gasteiger partial charge in [-0.1, -0.05) is 39.8 Å². The molecule has 2 aliphatic rings. The summed E-state index contributed by atoms with van der Waals surface area (Å²) in [5, 5.41) is 10.9. The molecule has 5 nitrogen and oxygen atoms in total. The van der Waals surface area contributed by atoms with Gasteiger partial charge >= 0.3 is 0 Å². The summed E-state index contributed by atoms with van der Waals surface area (Å²) in [6.07, 6.45) is 1.19. The minimum atomic E-state index is -0.946. The topological polar surface area (TPSA) is 80.7 Å². The van der Waals surface area contributed by atoms with Gasteiger partial charge < -0.3 is 9.84 Å². The molecule has 0 radical (unpaired) electrons. The number of hydrogen-bond donors (Lipinski definition) is 1. The Morgan fingerprint density at radius 2 is 1.47 bits per heavy atom. The quantitative estimate of drug-likeness (QED) is 0.693. The molecule has 1 saturated carbocycles. The highest BCUT2D eigenvalue weighted by Gasteiger charge is 2.48. The Bertz CT molecular complexity index is 869. The highest BCUT2D eigenvalue weighted by molar-refractivity contribution is 6.09. The van der Waals surface area contributed by atoms with Gasteiger partial charge in [0.1, 0.15) is 23.1 Å². The molecule has 0 unspecified atom stereocenters. The fourth-order valence-electron chi connectivity index (χ4n) is 4.90. The van der Waals surface area contributed by atoms with Gasteiger partial charge in [-0.2, -0.15) is 0 Å². The van der Waals surface area contributed by atoms with Gasteiger partial charge in [-0.15, -0.1) is 0 Å². The van der Waals surface area contributed by atoms with Crippen molar-refractivity contribution in [2.45, 2.75) is 66.2 Å². The first-order chi connectivity index (χ1) is 13.9. The van der Waals surface area contributed by atoms with Crippen LogP contribution in [0.1, 0.15) is 71.8 Å². The van der Waals surface area contributed by atoms with Crippen LogP contribution in [0, 0.1) is 16.7 Å². The van der Waals surface area contributed by atoms with Gasteiger partial charge in [-0.25, -0.2) is 0 Å². The summed E-state index contributed by atoms with van der Waals surface area (Å²) < 4.78 is 5.51. The molecular formula is C25H32O5. The van der Waals surface area contributed by atoms with Crippen molar-refractivity contribution in [3.8, 4) is 5.75 Å². The molecule has 30 heavy (non-hydrogen) atoms. The summed E-state index contributed by atoms with van der Waals surface area (Å²) >= 11 is 0. The molecule has 1 aromatic rings. The van der Waals surface area contributed by atoms with Crippen molar-refractivity contribution in [1.82, 2.24) is 0 Å². The first-order valence-electron chi connectivity index (χ1n) is 10.7. The molecule has 0 spiro atoms. The van der Waals surface area contributed by atoms with Gasteiger partial charge in [0.05, 0.1) is 12.5 Å². The number of ether oxygens (including phenoxy) is 1. The number of benzene rings is 1. The minimum absolute atomic E-state index is 0.000526. The van der Waals surface area contributed by atoms with Crippen molar-refractivity contribution in [2.75, 3.05) is 6.61 Å². The Hall–Kier alpha value is -2.43. The lowest BCUT2D eigenvalue weighted by molar-refractivity contribution is -0.140. The van der Waals surface area contributed by atoms with Crippen LogP contribution in [0.15, 0.2) is 35.6 Å². The molecule has 0 aliphatic heterocycles. The van der Waals surface area contributed by atoms with Crippen LogP contribution in [0.5, 0.6) is 5.75 Å². The van der Waals surface area contributed by atoms with E-state index in [1.807, 2.05) is 34.6 Å². The average Bonchev–Trinajstić information content (AvgIpc) is 2.58. The molecule has 162 valence electrons. The van der Waals surface area contributed by atoms with E-state index in [-0.39, 0.29) is 58.8 Å². The van der Waals surface area contributed by atoms with Crippen LogP contribution in [0.25, 0.3) is 0 Å². The second-order valence-electron chi connectivity index (χ2n) is 10.2. The van der Waals surface area contributed by atoms with Crippen molar-refractivity contribution in [3.05, 3.63) is 41.2 Å². The van der Waals surface area contributed by atoms with E-state index < -0.39 is 11.8 Å². The normalized spacial score (nSPS) is 22.9. The molecule has 5 heteroatoms. The third kappa shape index (κ3) is 4.50. The van der Waals surface area contributed by atoms with E-state index in [9.17, 15) is 19.5 Å². The summed E-state index contributed by atoms with van der Waals surface area (Å²) in [5.74, 6) is -1.54. The molecule has 0 amide bonds. The van der Waals surface area contributed by atoms with E-state index in [2.05, 4.69) is 0 Å². The number of ketones is 3. The van der Waals surface area contributed by atoms with E-state index >= 15 is 0 Å². The Kier molecular flexibility index (Phi) is 5.94. The molecule has 1 fully saturated rings. The van der Waals surface area contributed by atoms with E-state index in [0.29, 0.717) is 24.3 Å². The second kappa shape index (κ2) is 8.01. The zero-order valence-electron chi connectivity index (χ0n) is 18.6. The maximum absolute atomic E-state index is 13.1. The van der Waals surface area contributed by atoms with Crippen molar-refractivity contribution < 1.29 is 24.2 Å². The number of allylic oxidation sites excluding steroid dienone is 2. The number of Topliss-reactive ketones (excluding diaryl/α,β-unsaturated/α-hetero) is 3. The molecule has 1 N–H and O–H groups in total. The Balaban J connectivity index is 2.11. The zero-order chi connectivity index (χ0) is 22.3. The maximum Gasteiger partial charge on any atom is 0.163 e. The zero-order valence-corrected chi connectivity index (χ0v) is 18.6. The lowest BCUT2D eigenvalue weighted by Crippen LogP contribution is -2.43. The van der Waals surface area contributed by atoms with Crippen molar-refractivity contribution >= 4 is 17.3 Å². The number of aliphatic hydroxyl groups is 1. The Morgan fingerprint density at radius 1 is 0.933 bits per heavy atom. The maximum atomic E-state index is 13.1. The third-order valence-corrected chi connectivity index (χ3v) is 6.09. The number of aliphatic hydroxyl groups excluding tert-OH is 1. The summed E-state index contributed by atoms with van der Waals surface area (Å²) in [7, 11) is 0. The predicted octanol–water partition coefficient (Wildman–Crippen LogP) is 4.94. The number of carbonyl (C=O) groups excluding carboxylic acids is 3. The molecule has 0 heterocycles. The summed E-state index contributed by atoms with van der Waals surface area (Å²) in [4.78, 5) is 39.4. The standard InChI is InChI=1S/C25H32O5/c1-6-30-16-9-7-15(8-10-16)21(22-17(26)11-24(2,3)12-18(22)27)23-19(28)13-25(4,5)14-20(23)29/h7-10,21-22,28H,6,11-14H2,1-5H3/t21-/m1/s1. The second-order valence-corrected chi connectivity index (χ2v) is 10.2. The molecule has 1 aromatic carbocycles. The van der Waals surface area contributed by atoms with Gasteiger partial charge in [0, 0.05) is 37.2 Å². The van der Waals surface area contributed by atoms with Crippen molar-refractivity contribution in [1.29, 1.82) is 0 Å². The van der Waals surface area contributed by atoms with Crippen LogP contribution < -0.4 is 4.74 Å². The molecule has 0 aromatic heterocycles. The largest absolute Gasteiger partial charge is 0.512 e. The van der Waals surface area contributed by atoms with Gasteiger partial charge in [0.15, 0.2) is 5.78 Å². The minimum Gasteiger partial charge on any atom is -0.512 e. The molecule has 0 bridgehead atoms. The van der Waals surface area contributed by atoms with Crippen LogP contribution in [0.2, 0.25) is 0 Å². The van der Waals surface area contributed by atoms with Crippen LogP contribution in [-0.4, -0.2) is 29.1 Å². The van der Waals surface area contributed by atoms with E-state index in [1.54, 1.807) is 24.3 Å². The van der Waals surface area contributed by atoms with E-state index in [1.165, 1.54) is 0 Å². The first-order valence-corrected chi connectivity index (χ1v) is 10.7. The van der Waals surface area contributed by atoms with Gasteiger partial charge in [-0.3, -0.25) is 14.4 Å². The van der Waals surface area contributed by atoms with E-state index in [4.69, 9.17) is 4.74 Å². The average molecular weight is 413 g/mol. The monoisotopic (exact) mass is 412 g/mol. The van der Waals surface area contributed by atoms with Crippen LogP contribution in [0.4, 0.5) is 0 Å². The fourth-order valence-corrected chi connectivity index (χ4v) is 4.90. The summed E-state index contributed by atoms with van der Waals surface area (Å²) in [6.45, 7) is 10.1. The Labute approximate surface area is 178 Å². The predicted molar refractivity (Wildman–Crippen MR) is 115 cm³/mol. The number of rotatable bonds is 5. The highest BCUT2D eigenvalue weighted by atomic mass is 16.5. The summed E-state index contributed by atoms with van der Waals surface area (Å²) in [6, 6.07) is 7.15. The smallest absolute Gasteiger partial charge is 0.163 e.